The standard InChI is InChI=1S/C9H8F3N3O2/c1-14-6-4(7(16)15(2)8(14)17)3-5(13-6)9(10,11)12/h3H2,1-2H3. The Bertz CT molecular complexity index is 637. The lowest BCUT2D eigenvalue weighted by Crippen LogP contribution is -2.38. The van der Waals surface area contributed by atoms with Gasteiger partial charge in [0.15, 0.2) is 0 Å². The van der Waals surface area contributed by atoms with E-state index >= 15 is 0 Å². The maximum atomic E-state index is 12.5. The lowest BCUT2D eigenvalue weighted by molar-refractivity contribution is -0.0597. The van der Waals surface area contributed by atoms with Gasteiger partial charge >= 0.3 is 11.9 Å². The van der Waals surface area contributed by atoms with Gasteiger partial charge in [0.25, 0.3) is 5.56 Å². The van der Waals surface area contributed by atoms with E-state index in [1.165, 1.54) is 14.1 Å². The number of hydrogen-bond acceptors (Lipinski definition) is 3. The molecule has 0 N–H and O–H groups in total. The van der Waals surface area contributed by atoms with E-state index in [1.807, 2.05) is 0 Å². The normalized spacial score (nSPS) is 14.8. The largest absolute Gasteiger partial charge is 0.429 e. The average Bonchev–Trinajstić information content (AvgIpc) is 2.67. The molecular formula is C9H8F3N3O2. The molecule has 17 heavy (non-hydrogen) atoms. The molecule has 0 radical (unpaired) electrons. The molecule has 2 rings (SSSR count). The minimum absolute atomic E-state index is 0.0954. The Morgan fingerprint density at radius 1 is 1.18 bits per heavy atom. The predicted molar refractivity (Wildman–Crippen MR) is 53.8 cm³/mol. The second kappa shape index (κ2) is 3.31. The number of nitrogens with zero attached hydrogens (tertiary/aromatic N) is 3. The van der Waals surface area contributed by atoms with Crippen molar-refractivity contribution in [2.45, 2.75) is 12.6 Å². The van der Waals surface area contributed by atoms with Crippen LogP contribution in [0.15, 0.2) is 14.6 Å². The molecule has 8 heteroatoms. The van der Waals surface area contributed by atoms with Gasteiger partial charge in [-0.2, -0.15) is 13.2 Å². The first kappa shape index (κ1) is 11.6. The van der Waals surface area contributed by atoms with Crippen LogP contribution in [0.2, 0.25) is 0 Å². The summed E-state index contributed by atoms with van der Waals surface area (Å²) < 4.78 is 39.1. The number of rotatable bonds is 0. The van der Waals surface area contributed by atoms with Gasteiger partial charge in [-0.25, -0.2) is 9.79 Å². The van der Waals surface area contributed by atoms with Crippen molar-refractivity contribution in [3.63, 3.8) is 0 Å². The Hall–Kier alpha value is -1.86. The molecule has 0 aliphatic carbocycles. The van der Waals surface area contributed by atoms with E-state index in [-0.39, 0.29) is 11.4 Å². The summed E-state index contributed by atoms with van der Waals surface area (Å²) in [5.41, 5.74) is -2.57. The van der Waals surface area contributed by atoms with Gasteiger partial charge in [0.1, 0.15) is 11.5 Å². The molecule has 1 aliphatic rings. The summed E-state index contributed by atoms with van der Waals surface area (Å²) in [5, 5.41) is 0. The fourth-order valence-electron chi connectivity index (χ4n) is 1.70. The molecule has 0 amide bonds. The van der Waals surface area contributed by atoms with Crippen molar-refractivity contribution in [1.29, 1.82) is 0 Å². The summed E-state index contributed by atoms with van der Waals surface area (Å²) in [7, 11) is 2.50. The minimum atomic E-state index is -4.58. The van der Waals surface area contributed by atoms with Gasteiger partial charge in [0, 0.05) is 20.5 Å². The highest BCUT2D eigenvalue weighted by atomic mass is 19.4. The van der Waals surface area contributed by atoms with Crippen LogP contribution in [0.5, 0.6) is 0 Å². The third-order valence-electron chi connectivity index (χ3n) is 2.64. The molecule has 0 bridgehead atoms. The summed E-state index contributed by atoms with van der Waals surface area (Å²) in [6.07, 6.45) is -5.17. The molecule has 0 fully saturated rings. The van der Waals surface area contributed by atoms with E-state index < -0.39 is 29.6 Å². The van der Waals surface area contributed by atoms with Gasteiger partial charge in [-0.05, 0) is 0 Å². The van der Waals surface area contributed by atoms with E-state index in [1.54, 1.807) is 0 Å². The third-order valence-corrected chi connectivity index (χ3v) is 2.64. The quantitative estimate of drug-likeness (QED) is 0.661. The molecule has 2 heterocycles. The molecule has 5 nitrogen and oxygen atoms in total. The van der Waals surface area contributed by atoms with Crippen molar-refractivity contribution < 1.29 is 13.2 Å². The molecule has 0 aromatic carbocycles. The summed E-state index contributed by atoms with van der Waals surface area (Å²) in [5.74, 6) is -0.203. The lowest BCUT2D eigenvalue weighted by atomic mass is 10.2. The Kier molecular flexibility index (Phi) is 2.27. The first-order valence-electron chi connectivity index (χ1n) is 4.67. The molecule has 0 atom stereocenters. The Balaban J connectivity index is 2.72. The second-order valence-electron chi connectivity index (χ2n) is 3.74. The van der Waals surface area contributed by atoms with Crippen molar-refractivity contribution in [3.05, 3.63) is 26.4 Å². The maximum Gasteiger partial charge on any atom is 0.429 e. The summed E-state index contributed by atoms with van der Waals surface area (Å²) in [4.78, 5) is 26.4. The number of fused-ring (bicyclic) bond motifs is 1. The molecule has 0 saturated carbocycles. The van der Waals surface area contributed by atoms with Gasteiger partial charge in [-0.3, -0.25) is 13.9 Å². The topological polar surface area (TPSA) is 56.4 Å². The minimum Gasteiger partial charge on any atom is -0.281 e. The molecule has 0 unspecified atom stereocenters. The Labute approximate surface area is 92.8 Å². The van der Waals surface area contributed by atoms with Crippen LogP contribution >= 0.6 is 0 Å². The van der Waals surface area contributed by atoms with Crippen LogP contribution in [-0.2, 0) is 20.5 Å². The highest BCUT2D eigenvalue weighted by molar-refractivity contribution is 5.97. The smallest absolute Gasteiger partial charge is 0.281 e. The molecule has 1 aromatic rings. The molecule has 1 aliphatic heterocycles. The van der Waals surface area contributed by atoms with Crippen LogP contribution in [0.1, 0.15) is 5.56 Å². The third kappa shape index (κ3) is 1.60. The van der Waals surface area contributed by atoms with Gasteiger partial charge in [-0.1, -0.05) is 0 Å². The predicted octanol–water partition coefficient (Wildman–Crippen LogP) is 0.275. The van der Waals surface area contributed by atoms with Crippen LogP contribution in [0.3, 0.4) is 0 Å². The average molecular weight is 247 g/mol. The van der Waals surface area contributed by atoms with Gasteiger partial charge in [0.05, 0.1) is 5.56 Å². The summed E-state index contributed by atoms with van der Waals surface area (Å²) in [6.45, 7) is 0. The number of alkyl halides is 3. The second-order valence-corrected chi connectivity index (χ2v) is 3.74. The van der Waals surface area contributed by atoms with Crippen molar-refractivity contribution in [3.8, 4) is 0 Å². The number of hydrogen-bond donors (Lipinski definition) is 0. The first-order chi connectivity index (χ1) is 7.73. The highest BCUT2D eigenvalue weighted by Gasteiger charge is 2.40. The molecule has 0 spiro atoms. The highest BCUT2D eigenvalue weighted by Crippen LogP contribution is 2.29. The number of aromatic nitrogens is 2. The van der Waals surface area contributed by atoms with Gasteiger partial charge in [-0.15, -0.1) is 0 Å². The van der Waals surface area contributed by atoms with E-state index in [9.17, 15) is 22.8 Å². The van der Waals surface area contributed by atoms with Crippen LogP contribution < -0.4 is 11.2 Å². The van der Waals surface area contributed by atoms with Crippen molar-refractivity contribution in [2.75, 3.05) is 0 Å². The van der Waals surface area contributed by atoms with Crippen LogP contribution in [0.25, 0.3) is 0 Å². The van der Waals surface area contributed by atoms with Crippen molar-refractivity contribution in [2.24, 2.45) is 19.1 Å². The van der Waals surface area contributed by atoms with Crippen LogP contribution in [-0.4, -0.2) is 21.0 Å². The first-order valence-corrected chi connectivity index (χ1v) is 4.67. The van der Waals surface area contributed by atoms with Gasteiger partial charge < -0.3 is 0 Å². The number of halogens is 3. The molecule has 92 valence electrons. The van der Waals surface area contributed by atoms with Crippen molar-refractivity contribution >= 4 is 11.5 Å². The lowest BCUT2D eigenvalue weighted by Gasteiger charge is -2.05. The van der Waals surface area contributed by atoms with Crippen LogP contribution in [0, 0.1) is 0 Å². The molecule has 1 aromatic heterocycles. The van der Waals surface area contributed by atoms with Crippen molar-refractivity contribution in [1.82, 2.24) is 9.13 Å². The molecule has 0 saturated heterocycles. The Morgan fingerprint density at radius 3 is 2.29 bits per heavy atom. The summed E-state index contributed by atoms with van der Waals surface area (Å²) >= 11 is 0. The Morgan fingerprint density at radius 2 is 1.76 bits per heavy atom. The zero-order valence-corrected chi connectivity index (χ0v) is 9.00. The van der Waals surface area contributed by atoms with E-state index in [0.29, 0.717) is 0 Å². The van der Waals surface area contributed by atoms with E-state index in [0.717, 1.165) is 9.13 Å². The number of aliphatic imine (C=N–C) groups is 1. The monoisotopic (exact) mass is 247 g/mol. The van der Waals surface area contributed by atoms with Gasteiger partial charge in [0.2, 0.25) is 0 Å². The zero-order valence-electron chi connectivity index (χ0n) is 9.00. The van der Waals surface area contributed by atoms with Crippen LogP contribution in [0.4, 0.5) is 19.0 Å². The SMILES string of the molecule is Cn1c2c(c(=O)n(C)c1=O)CC(C(F)(F)F)=N2. The fourth-order valence-corrected chi connectivity index (χ4v) is 1.70. The molecular weight excluding hydrogens is 239 g/mol. The summed E-state index contributed by atoms with van der Waals surface area (Å²) in [6, 6.07) is 0. The maximum absolute atomic E-state index is 12.5. The zero-order chi connectivity index (χ0) is 13.0. The van der Waals surface area contributed by atoms with E-state index in [4.69, 9.17) is 0 Å². The van der Waals surface area contributed by atoms with E-state index in [2.05, 4.69) is 4.99 Å². The fraction of sp³-hybridized carbons (Fsp3) is 0.444.